The molecule has 1 amide bonds. The van der Waals surface area contributed by atoms with Crippen LogP contribution < -0.4 is 9.80 Å². The van der Waals surface area contributed by atoms with Crippen molar-refractivity contribution in [1.82, 2.24) is 9.88 Å². The minimum Gasteiger partial charge on any atom is -0.368 e. The van der Waals surface area contributed by atoms with Gasteiger partial charge in [0.15, 0.2) is 0 Å². The number of halogens is 1. The number of aromatic nitrogens is 1. The van der Waals surface area contributed by atoms with E-state index in [0.717, 1.165) is 62.1 Å². The quantitative estimate of drug-likeness (QED) is 0.754. The van der Waals surface area contributed by atoms with E-state index >= 15 is 0 Å². The van der Waals surface area contributed by atoms with Gasteiger partial charge in [0, 0.05) is 62.2 Å². The van der Waals surface area contributed by atoms with Crippen LogP contribution in [0.25, 0.3) is 0 Å². The molecule has 0 unspecified atom stereocenters. The third kappa shape index (κ3) is 4.92. The summed E-state index contributed by atoms with van der Waals surface area (Å²) >= 11 is 6.11. The van der Waals surface area contributed by atoms with Gasteiger partial charge in [-0.2, -0.15) is 0 Å². The zero-order chi connectivity index (χ0) is 19.2. The molecule has 1 aromatic heterocycles. The predicted octanol–water partition coefficient (Wildman–Crippen LogP) is 3.93. The molecule has 1 aliphatic rings. The summed E-state index contributed by atoms with van der Waals surface area (Å²) in [7, 11) is 1.86. The molecule has 2 aromatic rings. The van der Waals surface area contributed by atoms with Crippen molar-refractivity contribution in [1.29, 1.82) is 0 Å². The summed E-state index contributed by atoms with van der Waals surface area (Å²) in [6, 6.07) is 11.7. The van der Waals surface area contributed by atoms with E-state index in [1.807, 2.05) is 31.3 Å². The van der Waals surface area contributed by atoms with Crippen molar-refractivity contribution >= 4 is 29.0 Å². The Morgan fingerprint density at radius 3 is 2.59 bits per heavy atom. The zero-order valence-corrected chi connectivity index (χ0v) is 16.8. The van der Waals surface area contributed by atoms with Crippen LogP contribution in [0.5, 0.6) is 0 Å². The fraction of sp³-hybridized carbons (Fsp3) is 0.429. The third-order valence-electron chi connectivity index (χ3n) is 4.96. The number of benzene rings is 1. The van der Waals surface area contributed by atoms with E-state index < -0.39 is 0 Å². The van der Waals surface area contributed by atoms with Crippen LogP contribution in [0.15, 0.2) is 42.6 Å². The molecule has 0 bridgehead atoms. The highest BCUT2D eigenvalue weighted by atomic mass is 35.5. The molecule has 5 nitrogen and oxygen atoms in total. The average molecular weight is 387 g/mol. The van der Waals surface area contributed by atoms with Crippen molar-refractivity contribution in [2.75, 3.05) is 49.6 Å². The molecule has 0 radical (unpaired) electrons. The van der Waals surface area contributed by atoms with E-state index in [-0.39, 0.29) is 5.91 Å². The largest absolute Gasteiger partial charge is 0.368 e. The Labute approximate surface area is 166 Å². The van der Waals surface area contributed by atoms with E-state index in [2.05, 4.69) is 27.8 Å². The van der Waals surface area contributed by atoms with Gasteiger partial charge in [-0.1, -0.05) is 31.0 Å². The number of nitrogens with zero attached hydrogens (tertiary/aromatic N) is 4. The second kappa shape index (κ2) is 9.09. The van der Waals surface area contributed by atoms with E-state index in [1.165, 1.54) is 0 Å². The third-order valence-corrected chi connectivity index (χ3v) is 5.20. The Morgan fingerprint density at radius 2 is 1.89 bits per heavy atom. The Bertz CT molecular complexity index is 774. The number of rotatable bonds is 6. The van der Waals surface area contributed by atoms with Gasteiger partial charge in [0.1, 0.15) is 5.82 Å². The molecule has 27 heavy (non-hydrogen) atoms. The van der Waals surface area contributed by atoms with Crippen molar-refractivity contribution in [3.8, 4) is 0 Å². The molecule has 0 atom stereocenters. The van der Waals surface area contributed by atoms with Crippen LogP contribution >= 0.6 is 11.6 Å². The highest BCUT2D eigenvalue weighted by Crippen LogP contribution is 2.22. The molecule has 1 fully saturated rings. The summed E-state index contributed by atoms with van der Waals surface area (Å²) < 4.78 is 0. The van der Waals surface area contributed by atoms with E-state index in [0.29, 0.717) is 5.56 Å². The second-order valence-corrected chi connectivity index (χ2v) is 7.37. The fourth-order valence-electron chi connectivity index (χ4n) is 3.31. The van der Waals surface area contributed by atoms with Crippen molar-refractivity contribution in [2.24, 2.45) is 0 Å². The van der Waals surface area contributed by atoms with Crippen LogP contribution in [0.3, 0.4) is 0 Å². The standard InChI is InChI=1S/C21H27ClN4O/c1-3-4-10-24(2)21(27)17-8-9-23-20(15-17)26-13-11-25(12-14-26)19-7-5-6-18(22)16-19/h5-9,15-16H,3-4,10-14H2,1-2H3. The maximum Gasteiger partial charge on any atom is 0.253 e. The van der Waals surface area contributed by atoms with E-state index in [4.69, 9.17) is 11.6 Å². The summed E-state index contributed by atoms with van der Waals surface area (Å²) in [5.74, 6) is 0.931. The fourth-order valence-corrected chi connectivity index (χ4v) is 3.49. The van der Waals surface area contributed by atoms with Crippen LogP contribution in [0.2, 0.25) is 5.02 Å². The monoisotopic (exact) mass is 386 g/mol. The summed E-state index contributed by atoms with van der Waals surface area (Å²) in [4.78, 5) is 23.5. The van der Waals surface area contributed by atoms with Gasteiger partial charge in [-0.05, 0) is 36.8 Å². The molecular formula is C21H27ClN4O. The molecular weight excluding hydrogens is 360 g/mol. The number of carbonyl (C=O) groups is 1. The summed E-state index contributed by atoms with van der Waals surface area (Å²) in [5.41, 5.74) is 1.85. The maximum absolute atomic E-state index is 12.6. The lowest BCUT2D eigenvalue weighted by molar-refractivity contribution is 0.0793. The topological polar surface area (TPSA) is 39.7 Å². The lowest BCUT2D eigenvalue weighted by atomic mass is 10.2. The van der Waals surface area contributed by atoms with Gasteiger partial charge in [0.25, 0.3) is 5.91 Å². The number of hydrogen-bond donors (Lipinski definition) is 0. The van der Waals surface area contributed by atoms with E-state index in [9.17, 15) is 4.79 Å². The van der Waals surface area contributed by atoms with Crippen molar-refractivity contribution in [2.45, 2.75) is 19.8 Å². The van der Waals surface area contributed by atoms with Crippen molar-refractivity contribution in [3.63, 3.8) is 0 Å². The van der Waals surface area contributed by atoms with Gasteiger partial charge < -0.3 is 14.7 Å². The molecule has 1 aliphatic heterocycles. The Morgan fingerprint density at radius 1 is 1.15 bits per heavy atom. The first-order valence-corrected chi connectivity index (χ1v) is 9.93. The Kier molecular flexibility index (Phi) is 6.56. The van der Waals surface area contributed by atoms with Crippen LogP contribution in [-0.2, 0) is 0 Å². The van der Waals surface area contributed by atoms with Crippen LogP contribution in [0.4, 0.5) is 11.5 Å². The number of unbranched alkanes of at least 4 members (excludes halogenated alkanes) is 1. The smallest absolute Gasteiger partial charge is 0.253 e. The zero-order valence-electron chi connectivity index (χ0n) is 16.1. The maximum atomic E-state index is 12.6. The highest BCUT2D eigenvalue weighted by Gasteiger charge is 2.20. The van der Waals surface area contributed by atoms with Gasteiger partial charge in [-0.3, -0.25) is 4.79 Å². The van der Waals surface area contributed by atoms with Gasteiger partial charge in [-0.25, -0.2) is 4.98 Å². The molecule has 0 spiro atoms. The number of hydrogen-bond acceptors (Lipinski definition) is 4. The molecule has 1 saturated heterocycles. The molecule has 6 heteroatoms. The minimum absolute atomic E-state index is 0.0599. The molecule has 2 heterocycles. The van der Waals surface area contributed by atoms with E-state index in [1.54, 1.807) is 17.2 Å². The lowest BCUT2D eigenvalue weighted by Crippen LogP contribution is -2.46. The number of anilines is 2. The Hall–Kier alpha value is -2.27. The van der Waals surface area contributed by atoms with Gasteiger partial charge >= 0.3 is 0 Å². The molecule has 0 N–H and O–H groups in total. The number of amides is 1. The number of pyridine rings is 1. The Balaban J connectivity index is 1.64. The summed E-state index contributed by atoms with van der Waals surface area (Å²) in [5, 5.41) is 0.759. The van der Waals surface area contributed by atoms with Crippen LogP contribution in [0, 0.1) is 0 Å². The van der Waals surface area contributed by atoms with Gasteiger partial charge in [0.2, 0.25) is 0 Å². The van der Waals surface area contributed by atoms with Crippen molar-refractivity contribution < 1.29 is 4.79 Å². The first-order valence-electron chi connectivity index (χ1n) is 9.55. The van der Waals surface area contributed by atoms with Crippen LogP contribution in [-0.4, -0.2) is 55.6 Å². The first kappa shape index (κ1) is 19.5. The molecule has 0 aliphatic carbocycles. The lowest BCUT2D eigenvalue weighted by Gasteiger charge is -2.37. The first-order chi connectivity index (χ1) is 13.1. The average Bonchev–Trinajstić information content (AvgIpc) is 2.71. The number of carbonyl (C=O) groups excluding carboxylic acids is 1. The second-order valence-electron chi connectivity index (χ2n) is 6.94. The highest BCUT2D eigenvalue weighted by molar-refractivity contribution is 6.30. The van der Waals surface area contributed by atoms with Gasteiger partial charge in [0.05, 0.1) is 0 Å². The summed E-state index contributed by atoms with van der Waals surface area (Å²) in [6.07, 6.45) is 3.83. The molecule has 3 rings (SSSR count). The SMILES string of the molecule is CCCCN(C)C(=O)c1ccnc(N2CCN(c3cccc(Cl)c3)CC2)c1. The van der Waals surface area contributed by atoms with Crippen molar-refractivity contribution in [3.05, 3.63) is 53.2 Å². The predicted molar refractivity (Wildman–Crippen MR) is 112 cm³/mol. The summed E-state index contributed by atoms with van der Waals surface area (Å²) in [6.45, 7) is 6.44. The molecule has 144 valence electrons. The molecule has 1 aromatic carbocycles. The van der Waals surface area contributed by atoms with Gasteiger partial charge in [-0.15, -0.1) is 0 Å². The minimum atomic E-state index is 0.0599. The number of piperazine rings is 1. The normalized spacial score (nSPS) is 14.3. The molecule has 0 saturated carbocycles. The van der Waals surface area contributed by atoms with Crippen LogP contribution in [0.1, 0.15) is 30.1 Å².